The van der Waals surface area contributed by atoms with E-state index in [1.54, 1.807) is 30.3 Å². The first-order valence-electron chi connectivity index (χ1n) is 8.84. The summed E-state index contributed by atoms with van der Waals surface area (Å²) in [4.78, 5) is 38.6. The lowest BCUT2D eigenvalue weighted by atomic mass is 10.0. The lowest BCUT2D eigenvalue weighted by Crippen LogP contribution is -2.50. The molecule has 27 heavy (non-hydrogen) atoms. The molecule has 0 aromatic heterocycles. The van der Waals surface area contributed by atoms with E-state index in [0.717, 1.165) is 0 Å². The molecule has 3 rings (SSSR count). The Bertz CT molecular complexity index is 877. The highest BCUT2D eigenvalue weighted by Crippen LogP contribution is 2.36. The molecule has 140 valence electrons. The van der Waals surface area contributed by atoms with Crippen LogP contribution in [0.5, 0.6) is 5.75 Å². The van der Waals surface area contributed by atoms with E-state index in [4.69, 9.17) is 4.74 Å². The SMILES string of the molecule is CC(=O)c1ccc2c(c1)N(CC(=O)Nc1ccccc1)C(=O)C(C(C)C)O2. The summed E-state index contributed by atoms with van der Waals surface area (Å²) in [6.07, 6.45) is -0.676. The largest absolute Gasteiger partial charge is 0.478 e. The van der Waals surface area contributed by atoms with Crippen molar-refractivity contribution in [3.05, 3.63) is 54.1 Å². The van der Waals surface area contributed by atoms with Gasteiger partial charge in [-0.1, -0.05) is 32.0 Å². The minimum Gasteiger partial charge on any atom is -0.478 e. The third kappa shape index (κ3) is 4.00. The van der Waals surface area contributed by atoms with Crippen LogP contribution in [0.25, 0.3) is 0 Å². The monoisotopic (exact) mass is 366 g/mol. The molecule has 0 spiro atoms. The molecular formula is C21H22N2O4. The Morgan fingerprint density at radius 2 is 1.85 bits per heavy atom. The maximum absolute atomic E-state index is 12.9. The second kappa shape index (κ2) is 7.61. The molecule has 0 saturated carbocycles. The summed E-state index contributed by atoms with van der Waals surface area (Å²) in [6.45, 7) is 5.07. The van der Waals surface area contributed by atoms with Crippen LogP contribution in [0, 0.1) is 5.92 Å². The van der Waals surface area contributed by atoms with Crippen molar-refractivity contribution in [2.45, 2.75) is 26.9 Å². The molecule has 2 aromatic rings. The van der Waals surface area contributed by atoms with Crippen LogP contribution in [-0.4, -0.2) is 30.2 Å². The van der Waals surface area contributed by atoms with E-state index < -0.39 is 6.10 Å². The first-order chi connectivity index (χ1) is 12.9. The zero-order valence-corrected chi connectivity index (χ0v) is 15.6. The highest BCUT2D eigenvalue weighted by molar-refractivity contribution is 6.07. The fourth-order valence-electron chi connectivity index (χ4n) is 2.96. The third-order valence-corrected chi connectivity index (χ3v) is 4.38. The van der Waals surface area contributed by atoms with E-state index >= 15 is 0 Å². The van der Waals surface area contributed by atoms with Crippen LogP contribution in [0.4, 0.5) is 11.4 Å². The van der Waals surface area contributed by atoms with Crippen molar-refractivity contribution in [1.82, 2.24) is 0 Å². The molecule has 0 bridgehead atoms. The van der Waals surface area contributed by atoms with Gasteiger partial charge in [0.1, 0.15) is 12.3 Å². The van der Waals surface area contributed by atoms with Crippen molar-refractivity contribution in [2.24, 2.45) is 5.92 Å². The van der Waals surface area contributed by atoms with Gasteiger partial charge in [0, 0.05) is 11.3 Å². The Morgan fingerprint density at radius 3 is 2.48 bits per heavy atom. The number of rotatable bonds is 5. The predicted molar refractivity (Wildman–Crippen MR) is 103 cm³/mol. The van der Waals surface area contributed by atoms with Gasteiger partial charge in [-0.2, -0.15) is 0 Å². The number of ether oxygens (including phenoxy) is 1. The van der Waals surface area contributed by atoms with Crippen molar-refractivity contribution in [3.63, 3.8) is 0 Å². The Kier molecular flexibility index (Phi) is 5.26. The van der Waals surface area contributed by atoms with E-state index in [-0.39, 0.29) is 30.1 Å². The number of benzene rings is 2. The molecule has 0 radical (unpaired) electrons. The summed E-state index contributed by atoms with van der Waals surface area (Å²) in [5.74, 6) is -0.298. The number of Topliss-reactive ketones (excluding diaryl/α,β-unsaturated/α-hetero) is 1. The topological polar surface area (TPSA) is 75.7 Å². The molecule has 0 saturated heterocycles. The van der Waals surface area contributed by atoms with Gasteiger partial charge in [0.05, 0.1) is 5.69 Å². The van der Waals surface area contributed by atoms with Gasteiger partial charge in [-0.3, -0.25) is 19.3 Å². The normalized spacial score (nSPS) is 15.9. The van der Waals surface area contributed by atoms with Crippen molar-refractivity contribution in [1.29, 1.82) is 0 Å². The van der Waals surface area contributed by atoms with Gasteiger partial charge < -0.3 is 10.1 Å². The van der Waals surface area contributed by atoms with Crippen LogP contribution >= 0.6 is 0 Å². The lowest BCUT2D eigenvalue weighted by Gasteiger charge is -2.35. The molecule has 6 heteroatoms. The first kappa shape index (κ1) is 18.6. The number of para-hydroxylation sites is 1. The summed E-state index contributed by atoms with van der Waals surface area (Å²) in [5, 5.41) is 2.78. The number of hydrogen-bond donors (Lipinski definition) is 1. The summed E-state index contributed by atoms with van der Waals surface area (Å²) in [7, 11) is 0. The maximum Gasteiger partial charge on any atom is 0.268 e. The first-order valence-corrected chi connectivity index (χ1v) is 8.84. The molecule has 2 amide bonds. The fourth-order valence-corrected chi connectivity index (χ4v) is 2.96. The van der Waals surface area contributed by atoms with Crippen molar-refractivity contribution in [2.75, 3.05) is 16.8 Å². The number of nitrogens with zero attached hydrogens (tertiary/aromatic N) is 1. The van der Waals surface area contributed by atoms with Gasteiger partial charge in [0.2, 0.25) is 5.91 Å². The van der Waals surface area contributed by atoms with Crippen LogP contribution in [0.15, 0.2) is 48.5 Å². The number of fused-ring (bicyclic) bond motifs is 1. The van der Waals surface area contributed by atoms with Crippen LogP contribution < -0.4 is 15.0 Å². The molecule has 1 aliphatic rings. The molecule has 0 fully saturated rings. The fraction of sp³-hybridized carbons (Fsp3) is 0.286. The molecular weight excluding hydrogens is 344 g/mol. The van der Waals surface area contributed by atoms with Gasteiger partial charge in [-0.05, 0) is 43.2 Å². The summed E-state index contributed by atoms with van der Waals surface area (Å²) in [6, 6.07) is 14.0. The standard InChI is InChI=1S/C21H22N2O4/c1-13(2)20-21(26)23(12-19(25)22-16-7-5-4-6-8-16)17-11-15(14(3)24)9-10-18(17)27-20/h4-11,13,20H,12H2,1-3H3,(H,22,25). The quantitative estimate of drug-likeness (QED) is 0.824. The molecule has 1 heterocycles. The van der Waals surface area contributed by atoms with Crippen LogP contribution in [0.2, 0.25) is 0 Å². The number of carbonyl (C=O) groups excluding carboxylic acids is 3. The number of hydrogen-bond acceptors (Lipinski definition) is 4. The summed E-state index contributed by atoms with van der Waals surface area (Å²) >= 11 is 0. The summed E-state index contributed by atoms with van der Waals surface area (Å²) < 4.78 is 5.84. The Balaban J connectivity index is 1.91. The number of anilines is 2. The molecule has 0 aliphatic carbocycles. The van der Waals surface area contributed by atoms with Crippen molar-refractivity contribution >= 4 is 29.0 Å². The van der Waals surface area contributed by atoms with Gasteiger partial charge in [0.15, 0.2) is 11.9 Å². The number of ketones is 1. The zero-order chi connectivity index (χ0) is 19.6. The molecule has 6 nitrogen and oxygen atoms in total. The van der Waals surface area contributed by atoms with Crippen LogP contribution in [0.1, 0.15) is 31.1 Å². The summed E-state index contributed by atoms with van der Waals surface area (Å²) in [5.41, 5.74) is 1.55. The van der Waals surface area contributed by atoms with E-state index in [0.29, 0.717) is 22.7 Å². The number of carbonyl (C=O) groups is 3. The van der Waals surface area contributed by atoms with Gasteiger partial charge in [-0.15, -0.1) is 0 Å². The van der Waals surface area contributed by atoms with E-state index in [9.17, 15) is 14.4 Å². The van der Waals surface area contributed by atoms with E-state index in [2.05, 4.69) is 5.32 Å². The van der Waals surface area contributed by atoms with Crippen molar-refractivity contribution in [3.8, 4) is 5.75 Å². The second-order valence-electron chi connectivity index (χ2n) is 6.86. The molecule has 1 unspecified atom stereocenters. The minimum absolute atomic E-state index is 0.0576. The Morgan fingerprint density at radius 1 is 1.15 bits per heavy atom. The van der Waals surface area contributed by atoms with Crippen LogP contribution in [-0.2, 0) is 9.59 Å². The van der Waals surface area contributed by atoms with E-state index in [1.807, 2.05) is 32.0 Å². The molecule has 1 atom stereocenters. The maximum atomic E-state index is 12.9. The molecule has 1 N–H and O–H groups in total. The smallest absolute Gasteiger partial charge is 0.268 e. The lowest BCUT2D eigenvalue weighted by molar-refractivity contribution is -0.129. The molecule has 1 aliphatic heterocycles. The van der Waals surface area contributed by atoms with Crippen LogP contribution in [0.3, 0.4) is 0 Å². The number of amides is 2. The predicted octanol–water partition coefficient (Wildman–Crippen LogP) is 3.28. The Labute approximate surface area is 158 Å². The highest BCUT2D eigenvalue weighted by atomic mass is 16.5. The Hall–Kier alpha value is -3.15. The second-order valence-corrected chi connectivity index (χ2v) is 6.86. The average Bonchev–Trinajstić information content (AvgIpc) is 2.63. The average molecular weight is 366 g/mol. The van der Waals surface area contributed by atoms with Crippen molar-refractivity contribution < 1.29 is 19.1 Å². The van der Waals surface area contributed by atoms with Gasteiger partial charge >= 0.3 is 0 Å². The van der Waals surface area contributed by atoms with Gasteiger partial charge in [-0.25, -0.2) is 0 Å². The molecule has 2 aromatic carbocycles. The highest BCUT2D eigenvalue weighted by Gasteiger charge is 2.37. The minimum atomic E-state index is -0.676. The zero-order valence-electron chi connectivity index (χ0n) is 15.6. The number of nitrogens with one attached hydrogen (secondary N) is 1. The van der Waals surface area contributed by atoms with Gasteiger partial charge in [0.25, 0.3) is 5.91 Å². The van der Waals surface area contributed by atoms with E-state index in [1.165, 1.54) is 11.8 Å². The third-order valence-electron chi connectivity index (χ3n) is 4.38.